The van der Waals surface area contributed by atoms with Crippen molar-refractivity contribution in [3.8, 4) is 0 Å². The number of carboxylic acids is 1. The highest BCUT2D eigenvalue weighted by Gasteiger charge is 2.38. The quantitative estimate of drug-likeness (QED) is 0.747. The smallest absolute Gasteiger partial charge is 0.417 e. The van der Waals surface area contributed by atoms with Gasteiger partial charge in [0.1, 0.15) is 6.04 Å². The Morgan fingerprint density at radius 2 is 1.76 bits per heavy atom. The van der Waals surface area contributed by atoms with Gasteiger partial charge in [0.05, 0.1) is 11.1 Å². The number of alkyl halides is 3. The van der Waals surface area contributed by atoms with E-state index in [2.05, 4.69) is 17.9 Å². The maximum Gasteiger partial charge on any atom is 0.417 e. The molecule has 0 saturated heterocycles. The molecule has 0 spiro atoms. The van der Waals surface area contributed by atoms with E-state index in [1.54, 1.807) is 0 Å². The van der Waals surface area contributed by atoms with Gasteiger partial charge in [-0.05, 0) is 26.0 Å². The molecule has 21 heavy (non-hydrogen) atoms. The Bertz CT molecular complexity index is 552. The average molecular weight is 321 g/mol. The van der Waals surface area contributed by atoms with Crippen LogP contribution in [-0.4, -0.2) is 27.8 Å². The van der Waals surface area contributed by atoms with Gasteiger partial charge in [-0.25, -0.2) is 4.79 Å². The average Bonchev–Trinajstić information content (AvgIpc) is 2.32. The van der Waals surface area contributed by atoms with E-state index in [-0.39, 0.29) is 0 Å². The summed E-state index contributed by atoms with van der Waals surface area (Å²) in [7, 11) is 0. The standard InChI is InChI=1S/C13H14F3NO3S/c1-12(2,21)9(11(19)20)17-10(18)7-5-3-4-6-8(7)13(14,15)16/h3-6,9,21H,1-2H3,(H,17,18)(H,19,20). The van der Waals surface area contributed by atoms with Crippen molar-refractivity contribution in [2.45, 2.75) is 30.8 Å². The fourth-order valence-corrected chi connectivity index (χ4v) is 1.85. The van der Waals surface area contributed by atoms with Crippen molar-refractivity contribution < 1.29 is 27.9 Å². The van der Waals surface area contributed by atoms with Crippen molar-refractivity contribution in [2.24, 2.45) is 0 Å². The van der Waals surface area contributed by atoms with Crippen LogP contribution in [0.5, 0.6) is 0 Å². The molecule has 1 aromatic rings. The predicted molar refractivity (Wildman–Crippen MR) is 73.4 cm³/mol. The van der Waals surface area contributed by atoms with Gasteiger partial charge in [0.15, 0.2) is 0 Å². The number of carboxylic acid groups (broad SMARTS) is 1. The minimum atomic E-state index is -4.71. The highest BCUT2D eigenvalue weighted by molar-refractivity contribution is 7.81. The molecule has 0 aliphatic heterocycles. The highest BCUT2D eigenvalue weighted by atomic mass is 32.1. The molecule has 1 amide bonds. The fourth-order valence-electron chi connectivity index (χ4n) is 1.68. The van der Waals surface area contributed by atoms with E-state index in [1.807, 2.05) is 0 Å². The maximum absolute atomic E-state index is 12.8. The molecule has 1 rings (SSSR count). The van der Waals surface area contributed by atoms with Crippen molar-refractivity contribution in [1.29, 1.82) is 0 Å². The summed E-state index contributed by atoms with van der Waals surface area (Å²) in [4.78, 5) is 23.1. The first-order valence-corrected chi connectivity index (χ1v) is 6.31. The maximum atomic E-state index is 12.8. The predicted octanol–water partition coefficient (Wildman–Crippen LogP) is 2.60. The van der Waals surface area contributed by atoms with Gasteiger partial charge in [-0.3, -0.25) is 4.79 Å². The SMILES string of the molecule is CC(C)(S)C(NC(=O)c1ccccc1C(F)(F)F)C(=O)O. The van der Waals surface area contributed by atoms with Crippen LogP contribution >= 0.6 is 12.6 Å². The summed E-state index contributed by atoms with van der Waals surface area (Å²) in [5, 5.41) is 11.1. The third-order valence-corrected chi connectivity index (χ3v) is 2.96. The van der Waals surface area contributed by atoms with Crippen LogP contribution in [0.4, 0.5) is 13.2 Å². The second-order valence-electron chi connectivity index (χ2n) is 4.94. The molecule has 1 unspecified atom stereocenters. The number of benzene rings is 1. The van der Waals surface area contributed by atoms with Gasteiger partial charge in [0.2, 0.25) is 0 Å². The number of hydrogen-bond donors (Lipinski definition) is 3. The lowest BCUT2D eigenvalue weighted by atomic mass is 10.0. The van der Waals surface area contributed by atoms with Crippen LogP contribution in [0.1, 0.15) is 29.8 Å². The van der Waals surface area contributed by atoms with Gasteiger partial charge >= 0.3 is 12.1 Å². The molecule has 0 aliphatic carbocycles. The Labute approximate surface area is 124 Å². The third-order valence-electron chi connectivity index (χ3n) is 2.71. The molecule has 116 valence electrons. The summed E-state index contributed by atoms with van der Waals surface area (Å²) in [6.07, 6.45) is -4.71. The Morgan fingerprint density at radius 1 is 1.24 bits per heavy atom. The second kappa shape index (κ2) is 5.97. The first-order chi connectivity index (χ1) is 9.44. The molecule has 0 fully saturated rings. The summed E-state index contributed by atoms with van der Waals surface area (Å²) in [5.74, 6) is -2.50. The largest absolute Gasteiger partial charge is 0.480 e. The molecule has 0 bridgehead atoms. The van der Waals surface area contributed by atoms with E-state index < -0.39 is 40.0 Å². The number of rotatable bonds is 4. The molecular weight excluding hydrogens is 307 g/mol. The molecule has 1 atom stereocenters. The molecule has 0 saturated carbocycles. The lowest BCUT2D eigenvalue weighted by Gasteiger charge is -2.27. The van der Waals surface area contributed by atoms with Crippen LogP contribution < -0.4 is 5.32 Å². The number of carbonyl (C=O) groups excluding carboxylic acids is 1. The van der Waals surface area contributed by atoms with Crippen LogP contribution in [0, 0.1) is 0 Å². The van der Waals surface area contributed by atoms with Crippen LogP contribution in [-0.2, 0) is 11.0 Å². The molecule has 4 nitrogen and oxygen atoms in total. The van der Waals surface area contributed by atoms with E-state index in [0.29, 0.717) is 0 Å². The van der Waals surface area contributed by atoms with Gasteiger partial charge in [-0.1, -0.05) is 12.1 Å². The van der Waals surface area contributed by atoms with Crippen LogP contribution in [0.15, 0.2) is 24.3 Å². The topological polar surface area (TPSA) is 66.4 Å². The highest BCUT2D eigenvalue weighted by Crippen LogP contribution is 2.32. The molecular formula is C13H14F3NO3S. The number of carbonyl (C=O) groups is 2. The van der Waals surface area contributed by atoms with Gasteiger partial charge in [0, 0.05) is 4.75 Å². The van der Waals surface area contributed by atoms with E-state index in [1.165, 1.54) is 19.9 Å². The summed E-state index contributed by atoms with van der Waals surface area (Å²) in [5.41, 5.74) is -1.75. The lowest BCUT2D eigenvalue weighted by molar-refractivity contribution is -0.139. The summed E-state index contributed by atoms with van der Waals surface area (Å²) in [6, 6.07) is 2.73. The van der Waals surface area contributed by atoms with Crippen molar-refractivity contribution in [1.82, 2.24) is 5.32 Å². The number of nitrogens with one attached hydrogen (secondary N) is 1. The Hall–Kier alpha value is -1.70. The first-order valence-electron chi connectivity index (χ1n) is 5.87. The van der Waals surface area contributed by atoms with E-state index >= 15 is 0 Å². The third kappa shape index (κ3) is 4.38. The molecule has 1 aromatic carbocycles. The molecule has 2 N–H and O–H groups in total. The number of thiol groups is 1. The van der Waals surface area contributed by atoms with Crippen molar-refractivity contribution in [3.63, 3.8) is 0 Å². The summed E-state index contributed by atoms with van der Waals surface area (Å²) >= 11 is 4.04. The second-order valence-corrected chi connectivity index (χ2v) is 6.09. The van der Waals surface area contributed by atoms with Gasteiger partial charge in [-0.15, -0.1) is 0 Å². The zero-order valence-corrected chi connectivity index (χ0v) is 12.1. The van der Waals surface area contributed by atoms with Gasteiger partial charge in [-0.2, -0.15) is 25.8 Å². The monoisotopic (exact) mass is 321 g/mol. The van der Waals surface area contributed by atoms with Crippen LogP contribution in [0.3, 0.4) is 0 Å². The summed E-state index contributed by atoms with van der Waals surface area (Å²) in [6.45, 7) is 2.87. The molecule has 0 radical (unpaired) electrons. The zero-order valence-electron chi connectivity index (χ0n) is 11.2. The van der Waals surface area contributed by atoms with Crippen LogP contribution in [0.25, 0.3) is 0 Å². The van der Waals surface area contributed by atoms with Crippen molar-refractivity contribution in [2.75, 3.05) is 0 Å². The van der Waals surface area contributed by atoms with Crippen molar-refractivity contribution in [3.05, 3.63) is 35.4 Å². The first kappa shape index (κ1) is 17.4. The minimum absolute atomic E-state index is 0.631. The van der Waals surface area contributed by atoms with Crippen molar-refractivity contribution >= 4 is 24.5 Å². The number of hydrogen-bond acceptors (Lipinski definition) is 3. The summed E-state index contributed by atoms with van der Waals surface area (Å²) < 4.78 is 37.3. The van der Waals surface area contributed by atoms with E-state index in [0.717, 1.165) is 18.2 Å². The Kier molecular flexibility index (Phi) is 4.93. The zero-order chi connectivity index (χ0) is 16.4. The molecule has 0 heterocycles. The molecule has 8 heteroatoms. The molecule has 0 aromatic heterocycles. The van der Waals surface area contributed by atoms with Gasteiger partial charge < -0.3 is 10.4 Å². The molecule has 0 aliphatic rings. The van der Waals surface area contributed by atoms with E-state index in [9.17, 15) is 22.8 Å². The van der Waals surface area contributed by atoms with E-state index in [4.69, 9.17) is 5.11 Å². The number of aliphatic carboxylic acids is 1. The number of halogens is 3. The normalized spacial score (nSPS) is 13.6. The Morgan fingerprint density at radius 3 is 2.19 bits per heavy atom. The van der Waals surface area contributed by atoms with Gasteiger partial charge in [0.25, 0.3) is 5.91 Å². The minimum Gasteiger partial charge on any atom is -0.480 e. The fraction of sp³-hybridized carbons (Fsp3) is 0.385. The van der Waals surface area contributed by atoms with Crippen LogP contribution in [0.2, 0.25) is 0 Å². The number of amides is 1. The lowest BCUT2D eigenvalue weighted by Crippen LogP contribution is -2.51. The Balaban J connectivity index is 3.13.